The van der Waals surface area contributed by atoms with Crippen molar-refractivity contribution in [3.05, 3.63) is 65.7 Å². The zero-order valence-corrected chi connectivity index (χ0v) is 12.7. The molecule has 0 fully saturated rings. The minimum absolute atomic E-state index is 0.188. The highest BCUT2D eigenvalue weighted by molar-refractivity contribution is 5.97. The Labute approximate surface area is 129 Å². The van der Waals surface area contributed by atoms with Gasteiger partial charge in [0.25, 0.3) is 6.47 Å². The van der Waals surface area contributed by atoms with Gasteiger partial charge in [-0.05, 0) is 6.92 Å². The van der Waals surface area contributed by atoms with Crippen molar-refractivity contribution in [1.82, 2.24) is 0 Å². The van der Waals surface area contributed by atoms with Gasteiger partial charge in [-0.3, -0.25) is 9.59 Å². The Kier molecular flexibility index (Phi) is 8.18. The molecule has 2 N–H and O–H groups in total. The van der Waals surface area contributed by atoms with Gasteiger partial charge in [0.2, 0.25) is 0 Å². The van der Waals surface area contributed by atoms with Gasteiger partial charge >= 0.3 is 0 Å². The van der Waals surface area contributed by atoms with Crippen LogP contribution in [0.2, 0.25) is 0 Å². The average Bonchev–Trinajstić information content (AvgIpc) is 2.55. The van der Waals surface area contributed by atoms with Gasteiger partial charge in [-0.2, -0.15) is 5.48 Å². The molecule has 22 heavy (non-hydrogen) atoms. The van der Waals surface area contributed by atoms with Gasteiger partial charge in [0.15, 0.2) is 18.1 Å². The number of ether oxygens (including phenoxy) is 1. The van der Waals surface area contributed by atoms with E-state index >= 15 is 0 Å². The molecule has 0 radical (unpaired) electrons. The number of rotatable bonds is 6. The monoisotopic (exact) mass is 302 g/mol. The van der Waals surface area contributed by atoms with Gasteiger partial charge in [-0.25, -0.2) is 4.84 Å². The molecular weight excluding hydrogens is 282 g/mol. The summed E-state index contributed by atoms with van der Waals surface area (Å²) in [7, 11) is 1.65. The minimum Gasteiger partial charge on any atom is -0.459 e. The van der Waals surface area contributed by atoms with Crippen LogP contribution >= 0.6 is 0 Å². The first kappa shape index (κ1) is 17.6. The van der Waals surface area contributed by atoms with Crippen LogP contribution in [0.5, 0.6) is 0 Å². The number of ketones is 1. The molecular formula is C17H20NO4+. The van der Waals surface area contributed by atoms with Crippen molar-refractivity contribution < 1.29 is 24.6 Å². The maximum atomic E-state index is 11.2. The van der Waals surface area contributed by atoms with E-state index in [0.717, 1.165) is 11.3 Å². The summed E-state index contributed by atoms with van der Waals surface area (Å²) in [6.45, 7) is 2.02. The van der Waals surface area contributed by atoms with E-state index in [-0.39, 0.29) is 18.9 Å². The first-order chi connectivity index (χ1) is 10.7. The van der Waals surface area contributed by atoms with E-state index < -0.39 is 0 Å². The van der Waals surface area contributed by atoms with Crippen LogP contribution in [0.15, 0.2) is 54.6 Å². The van der Waals surface area contributed by atoms with Gasteiger partial charge in [-0.15, -0.1) is 0 Å². The molecule has 0 amide bonds. The summed E-state index contributed by atoms with van der Waals surface area (Å²) in [4.78, 5) is 25.9. The van der Waals surface area contributed by atoms with E-state index in [0.29, 0.717) is 5.56 Å². The molecule has 5 heteroatoms. The predicted octanol–water partition coefficient (Wildman–Crippen LogP) is 1.79. The second kappa shape index (κ2) is 10.3. The molecule has 0 atom stereocenters. The molecule has 5 nitrogen and oxygen atoms in total. The van der Waals surface area contributed by atoms with Crippen LogP contribution < -0.4 is 5.48 Å². The predicted molar refractivity (Wildman–Crippen MR) is 82.6 cm³/mol. The van der Waals surface area contributed by atoms with Crippen LogP contribution in [0.25, 0.3) is 0 Å². The summed E-state index contributed by atoms with van der Waals surface area (Å²) < 4.78 is 4.35. The molecule has 0 spiro atoms. The largest absolute Gasteiger partial charge is 0.459 e. The van der Waals surface area contributed by atoms with E-state index in [1.807, 2.05) is 49.4 Å². The summed E-state index contributed by atoms with van der Waals surface area (Å²) in [5, 5.41) is 0. The lowest BCUT2D eigenvalue weighted by Crippen LogP contribution is -2.75. The number of aryl methyl sites for hydroxylation is 1. The highest BCUT2D eigenvalue weighted by Gasteiger charge is 2.04. The van der Waals surface area contributed by atoms with E-state index in [1.54, 1.807) is 24.7 Å². The second-order valence-corrected chi connectivity index (χ2v) is 4.46. The first-order valence-corrected chi connectivity index (χ1v) is 6.73. The Morgan fingerprint density at radius 1 is 1.09 bits per heavy atom. The molecule has 2 rings (SSSR count). The Balaban J connectivity index is 0.000000235. The fourth-order valence-electron chi connectivity index (χ4n) is 1.60. The van der Waals surface area contributed by atoms with Crippen LogP contribution in [-0.2, 0) is 14.4 Å². The fraction of sp³-hybridized carbons (Fsp3) is 0.176. The number of carbonyl (C=O) groups excluding carboxylic acids is 2. The van der Waals surface area contributed by atoms with Gasteiger partial charge in [0.1, 0.15) is 0 Å². The van der Waals surface area contributed by atoms with E-state index in [1.165, 1.54) is 0 Å². The van der Waals surface area contributed by atoms with Gasteiger partial charge < -0.3 is 4.74 Å². The summed E-state index contributed by atoms with van der Waals surface area (Å²) in [5.74, 6) is -0.188. The third kappa shape index (κ3) is 6.78. The number of carbonyl (C=O) groups is 2. The van der Waals surface area contributed by atoms with Gasteiger partial charge in [0.05, 0.1) is 7.11 Å². The van der Waals surface area contributed by atoms with Crippen molar-refractivity contribution in [2.75, 3.05) is 13.7 Å². The maximum Gasteiger partial charge on any atom is 0.293 e. The van der Waals surface area contributed by atoms with Crippen molar-refractivity contribution in [1.29, 1.82) is 0 Å². The lowest BCUT2D eigenvalue weighted by molar-refractivity contribution is -0.830. The second-order valence-electron chi connectivity index (χ2n) is 4.46. The van der Waals surface area contributed by atoms with Crippen molar-refractivity contribution in [3.8, 4) is 0 Å². The third-order valence-corrected chi connectivity index (χ3v) is 2.71. The molecule has 0 aliphatic heterocycles. The quantitative estimate of drug-likeness (QED) is 0.382. The molecule has 116 valence electrons. The molecule has 0 aliphatic rings. The number of benzene rings is 2. The zero-order chi connectivity index (χ0) is 16.2. The minimum atomic E-state index is -0.188. The van der Waals surface area contributed by atoms with Gasteiger partial charge in [-0.1, -0.05) is 48.0 Å². The Morgan fingerprint density at radius 2 is 1.73 bits per heavy atom. The van der Waals surface area contributed by atoms with Crippen LogP contribution in [0.1, 0.15) is 15.9 Å². The molecule has 0 bridgehead atoms. The van der Waals surface area contributed by atoms with Crippen LogP contribution in [0, 0.1) is 6.92 Å². The first-order valence-electron chi connectivity index (χ1n) is 6.73. The Hall–Kier alpha value is -2.50. The van der Waals surface area contributed by atoms with Crippen molar-refractivity contribution >= 4 is 17.9 Å². The number of nitrogens with two attached hydrogens (primary N) is 1. The number of Topliss-reactive ketones (excluding diaryl/α,β-unsaturated/α-hetero) is 1. The van der Waals surface area contributed by atoms with E-state index in [2.05, 4.69) is 4.74 Å². The topological polar surface area (TPSA) is 69.2 Å². The highest BCUT2D eigenvalue weighted by Crippen LogP contribution is 2.03. The fourth-order valence-corrected chi connectivity index (χ4v) is 1.60. The molecule has 0 unspecified atom stereocenters. The molecule has 0 aromatic heterocycles. The molecule has 0 heterocycles. The smallest absolute Gasteiger partial charge is 0.293 e. The zero-order valence-electron chi connectivity index (χ0n) is 12.7. The molecule has 0 saturated heterocycles. The normalized spacial score (nSPS) is 9.36. The lowest BCUT2D eigenvalue weighted by atomic mass is 10.1. The van der Waals surface area contributed by atoms with Crippen molar-refractivity contribution in [3.63, 3.8) is 0 Å². The van der Waals surface area contributed by atoms with Crippen LogP contribution in [-0.4, -0.2) is 26.0 Å². The summed E-state index contributed by atoms with van der Waals surface area (Å²) in [6, 6.07) is 17.0. The standard InChI is InChI=1S/C10H10O3.C7H9NO/c1-8-2-4-9(5-3-8)10(12)6-13-7-11;1-9-8-7-5-3-2-4-6-7/h2-5,7H,6H2,1H3;2-6,8H,1H3/p+1. The lowest BCUT2D eigenvalue weighted by Gasteiger charge is -1.99. The molecule has 0 saturated carbocycles. The third-order valence-electron chi connectivity index (χ3n) is 2.71. The Bertz CT molecular complexity index is 567. The summed E-state index contributed by atoms with van der Waals surface area (Å²) in [6.07, 6.45) is 0. The molecule has 2 aromatic rings. The molecule has 0 aliphatic carbocycles. The summed E-state index contributed by atoms with van der Waals surface area (Å²) >= 11 is 0. The average molecular weight is 302 g/mol. The van der Waals surface area contributed by atoms with Crippen LogP contribution in [0.3, 0.4) is 0 Å². The van der Waals surface area contributed by atoms with Crippen molar-refractivity contribution in [2.45, 2.75) is 6.92 Å². The molecule has 2 aromatic carbocycles. The van der Waals surface area contributed by atoms with E-state index in [9.17, 15) is 9.59 Å². The van der Waals surface area contributed by atoms with Crippen LogP contribution in [0.4, 0.5) is 5.69 Å². The summed E-state index contributed by atoms with van der Waals surface area (Å²) in [5.41, 5.74) is 4.46. The number of hydrogen-bond donors (Lipinski definition) is 1. The SMILES string of the molecule is CO[NH2+]c1ccccc1.Cc1ccc(C(=O)COC=O)cc1. The van der Waals surface area contributed by atoms with Crippen molar-refractivity contribution in [2.24, 2.45) is 0 Å². The Morgan fingerprint density at radius 3 is 2.27 bits per heavy atom. The number of quaternary nitrogens is 1. The van der Waals surface area contributed by atoms with E-state index in [4.69, 9.17) is 4.84 Å². The number of hydrogen-bond acceptors (Lipinski definition) is 4. The highest BCUT2D eigenvalue weighted by atomic mass is 16.6. The maximum absolute atomic E-state index is 11.2. The van der Waals surface area contributed by atoms with Gasteiger partial charge in [0, 0.05) is 17.7 Å².